The molecule has 0 atom stereocenters. The Balaban J connectivity index is 2.25. The van der Waals surface area contributed by atoms with Crippen molar-refractivity contribution < 1.29 is 9.59 Å². The first kappa shape index (κ1) is 12.2. The number of carbonyl (C=O) groups is 2. The first-order valence-electron chi connectivity index (χ1n) is 5.50. The normalized spacial score (nSPS) is 12.0. The van der Waals surface area contributed by atoms with Crippen LogP contribution in [-0.4, -0.2) is 12.2 Å². The zero-order chi connectivity index (χ0) is 13.6. The summed E-state index contributed by atoms with van der Waals surface area (Å²) in [5.41, 5.74) is 3.07. The van der Waals surface area contributed by atoms with Crippen molar-refractivity contribution in [1.29, 1.82) is 0 Å². The lowest BCUT2D eigenvalue weighted by atomic mass is 10.1. The summed E-state index contributed by atoms with van der Waals surface area (Å²) < 4.78 is 0. The molecule has 3 rings (SSSR count). The largest absolute Gasteiger partial charge is 0.327 e. The Bertz CT molecular complexity index is 726. The molecule has 1 aliphatic carbocycles. The van der Waals surface area contributed by atoms with Crippen LogP contribution in [0, 0.1) is 0 Å². The van der Waals surface area contributed by atoms with Crippen molar-refractivity contribution in [2.24, 2.45) is 0 Å². The van der Waals surface area contributed by atoms with E-state index in [-0.39, 0.29) is 5.78 Å². The molecule has 1 aliphatic rings. The summed E-state index contributed by atoms with van der Waals surface area (Å²) in [6, 6.07) is 8.43. The fourth-order valence-electron chi connectivity index (χ4n) is 2.24. The van der Waals surface area contributed by atoms with Crippen LogP contribution >= 0.6 is 23.2 Å². The van der Waals surface area contributed by atoms with Gasteiger partial charge in [0.05, 0.1) is 10.7 Å². The lowest BCUT2D eigenvalue weighted by Gasteiger charge is -2.06. The van der Waals surface area contributed by atoms with Gasteiger partial charge in [0.25, 0.3) is 0 Å². The number of nitrogens with one attached hydrogen (secondary N) is 1. The molecule has 5 heteroatoms. The number of fused-ring (bicyclic) bond motifs is 3. The summed E-state index contributed by atoms with van der Waals surface area (Å²) in [5, 5.41) is 3.38. The number of rotatable bonds is 2. The minimum Gasteiger partial charge on any atom is -0.327 e. The van der Waals surface area contributed by atoms with Gasteiger partial charge in [-0.15, -0.1) is 0 Å². The average molecular weight is 292 g/mol. The highest BCUT2D eigenvalue weighted by Crippen LogP contribution is 2.41. The van der Waals surface area contributed by atoms with Crippen LogP contribution in [0.4, 0.5) is 5.69 Å². The first-order valence-corrected chi connectivity index (χ1v) is 6.26. The van der Waals surface area contributed by atoms with Gasteiger partial charge in [-0.3, -0.25) is 9.59 Å². The van der Waals surface area contributed by atoms with E-state index < -0.39 is 0 Å². The lowest BCUT2D eigenvalue weighted by molar-refractivity contribution is -0.105. The Morgan fingerprint density at radius 2 is 1.68 bits per heavy atom. The molecule has 19 heavy (non-hydrogen) atoms. The monoisotopic (exact) mass is 291 g/mol. The van der Waals surface area contributed by atoms with E-state index in [1.165, 1.54) is 0 Å². The minimum atomic E-state index is -0.113. The molecule has 0 saturated carbocycles. The summed E-state index contributed by atoms with van der Waals surface area (Å²) in [6.45, 7) is 0. The Labute approximate surface area is 119 Å². The fourth-order valence-corrected chi connectivity index (χ4v) is 2.63. The van der Waals surface area contributed by atoms with Crippen molar-refractivity contribution in [3.8, 4) is 11.1 Å². The van der Waals surface area contributed by atoms with Gasteiger partial charge in [-0.25, -0.2) is 0 Å². The molecule has 0 bridgehead atoms. The molecule has 0 saturated heterocycles. The van der Waals surface area contributed by atoms with E-state index >= 15 is 0 Å². The molecule has 0 fully saturated rings. The van der Waals surface area contributed by atoms with E-state index in [1.807, 2.05) is 0 Å². The van der Waals surface area contributed by atoms with E-state index in [0.29, 0.717) is 33.3 Å². The SMILES string of the molecule is O=CNc1cc2c(cc1Cl)-c1ccc(Cl)cc1C2=O. The Morgan fingerprint density at radius 3 is 2.42 bits per heavy atom. The van der Waals surface area contributed by atoms with Gasteiger partial charge in [-0.1, -0.05) is 29.3 Å². The molecule has 3 nitrogen and oxygen atoms in total. The molecular weight excluding hydrogens is 285 g/mol. The molecule has 0 spiro atoms. The summed E-state index contributed by atoms with van der Waals surface area (Å²) in [6.07, 6.45) is 0.525. The summed E-state index contributed by atoms with van der Waals surface area (Å²) in [4.78, 5) is 22.8. The van der Waals surface area contributed by atoms with Crippen LogP contribution in [0.3, 0.4) is 0 Å². The Hall–Kier alpha value is -1.84. The zero-order valence-corrected chi connectivity index (χ0v) is 11.0. The van der Waals surface area contributed by atoms with Crippen LogP contribution in [0.5, 0.6) is 0 Å². The number of carbonyl (C=O) groups excluding carboxylic acids is 2. The number of anilines is 1. The molecular formula is C14H7Cl2NO2. The van der Waals surface area contributed by atoms with Crippen LogP contribution in [0.15, 0.2) is 30.3 Å². The second-order valence-electron chi connectivity index (χ2n) is 4.16. The third-order valence-corrected chi connectivity index (χ3v) is 3.63. The van der Waals surface area contributed by atoms with Gasteiger partial charge >= 0.3 is 0 Å². The Morgan fingerprint density at radius 1 is 0.947 bits per heavy atom. The number of hydrogen-bond donors (Lipinski definition) is 1. The average Bonchev–Trinajstić information content (AvgIpc) is 2.64. The van der Waals surface area contributed by atoms with Crippen LogP contribution < -0.4 is 5.32 Å². The number of benzene rings is 2. The zero-order valence-electron chi connectivity index (χ0n) is 9.54. The van der Waals surface area contributed by atoms with Gasteiger partial charge < -0.3 is 5.32 Å². The molecule has 1 amide bonds. The third kappa shape index (κ3) is 1.82. The standard InChI is InChI=1S/C14H7Cl2NO2/c15-7-1-2-8-9-4-12(16)13(17-6-18)5-11(9)14(19)10(8)3-7/h1-6H,(H,17,18). The van der Waals surface area contributed by atoms with E-state index in [0.717, 1.165) is 11.1 Å². The predicted molar refractivity (Wildman–Crippen MR) is 75.0 cm³/mol. The highest BCUT2D eigenvalue weighted by molar-refractivity contribution is 6.35. The van der Waals surface area contributed by atoms with Gasteiger partial charge in [0.1, 0.15) is 0 Å². The molecule has 0 unspecified atom stereocenters. The molecule has 2 aromatic rings. The fraction of sp³-hybridized carbons (Fsp3) is 0. The molecule has 2 aromatic carbocycles. The van der Waals surface area contributed by atoms with Crippen molar-refractivity contribution in [2.45, 2.75) is 0 Å². The highest BCUT2D eigenvalue weighted by Gasteiger charge is 2.28. The van der Waals surface area contributed by atoms with E-state index in [9.17, 15) is 9.59 Å². The maximum absolute atomic E-state index is 12.3. The van der Waals surface area contributed by atoms with Gasteiger partial charge in [-0.2, -0.15) is 0 Å². The van der Waals surface area contributed by atoms with Crippen LogP contribution in [0.25, 0.3) is 11.1 Å². The smallest absolute Gasteiger partial charge is 0.211 e. The Kier molecular flexibility index (Phi) is 2.81. The molecule has 0 aromatic heterocycles. The van der Waals surface area contributed by atoms with Crippen LogP contribution in [0.2, 0.25) is 10.0 Å². The van der Waals surface area contributed by atoms with Crippen molar-refractivity contribution in [3.05, 3.63) is 51.5 Å². The van der Waals surface area contributed by atoms with E-state index in [2.05, 4.69) is 5.32 Å². The molecule has 0 aliphatic heterocycles. The molecule has 0 heterocycles. The second kappa shape index (κ2) is 4.37. The van der Waals surface area contributed by atoms with Gasteiger partial charge in [0.15, 0.2) is 5.78 Å². The maximum Gasteiger partial charge on any atom is 0.211 e. The van der Waals surface area contributed by atoms with Crippen LogP contribution in [-0.2, 0) is 4.79 Å². The maximum atomic E-state index is 12.3. The lowest BCUT2D eigenvalue weighted by Crippen LogP contribution is -1.99. The summed E-state index contributed by atoms with van der Waals surface area (Å²) >= 11 is 12.0. The van der Waals surface area contributed by atoms with E-state index in [4.69, 9.17) is 23.2 Å². The van der Waals surface area contributed by atoms with Crippen molar-refractivity contribution in [3.63, 3.8) is 0 Å². The highest BCUT2D eigenvalue weighted by atomic mass is 35.5. The first-order chi connectivity index (χ1) is 9.11. The number of halogens is 2. The van der Waals surface area contributed by atoms with Crippen LogP contribution in [0.1, 0.15) is 15.9 Å². The minimum absolute atomic E-state index is 0.113. The van der Waals surface area contributed by atoms with Gasteiger partial charge in [0.2, 0.25) is 6.41 Å². The number of amides is 1. The molecule has 0 radical (unpaired) electrons. The number of ketones is 1. The topological polar surface area (TPSA) is 46.2 Å². The van der Waals surface area contributed by atoms with Gasteiger partial charge in [-0.05, 0) is 35.4 Å². The third-order valence-electron chi connectivity index (χ3n) is 3.08. The summed E-state index contributed by atoms with van der Waals surface area (Å²) in [7, 11) is 0. The summed E-state index contributed by atoms with van der Waals surface area (Å²) in [5.74, 6) is -0.113. The van der Waals surface area contributed by atoms with Crippen molar-refractivity contribution in [2.75, 3.05) is 5.32 Å². The predicted octanol–water partition coefficient (Wildman–Crippen LogP) is 3.77. The molecule has 1 N–H and O–H groups in total. The van der Waals surface area contributed by atoms with Crippen molar-refractivity contribution >= 4 is 41.1 Å². The van der Waals surface area contributed by atoms with E-state index in [1.54, 1.807) is 30.3 Å². The van der Waals surface area contributed by atoms with Gasteiger partial charge in [0, 0.05) is 16.1 Å². The second-order valence-corrected chi connectivity index (χ2v) is 5.00. The number of hydrogen-bond acceptors (Lipinski definition) is 2. The van der Waals surface area contributed by atoms with Crippen molar-refractivity contribution in [1.82, 2.24) is 0 Å². The quantitative estimate of drug-likeness (QED) is 0.731. The molecule has 94 valence electrons.